The van der Waals surface area contributed by atoms with Crippen LogP contribution in [0, 0.1) is 0 Å². The normalized spacial score (nSPS) is 10.5. The van der Waals surface area contributed by atoms with E-state index in [9.17, 15) is 0 Å². The SMILES string of the molecule is COc1ccccc1CNc1ccc(N)c2ccncc12. The van der Waals surface area contributed by atoms with E-state index in [1.54, 1.807) is 13.3 Å². The summed E-state index contributed by atoms with van der Waals surface area (Å²) in [5.74, 6) is 0.878. The van der Waals surface area contributed by atoms with Crippen LogP contribution in [-0.4, -0.2) is 12.1 Å². The Bertz CT molecular complexity index is 771. The molecule has 0 saturated carbocycles. The Morgan fingerprint density at radius 3 is 2.81 bits per heavy atom. The van der Waals surface area contributed by atoms with Crippen molar-refractivity contribution in [2.24, 2.45) is 0 Å². The van der Waals surface area contributed by atoms with Gasteiger partial charge in [-0.25, -0.2) is 0 Å². The van der Waals surface area contributed by atoms with Gasteiger partial charge >= 0.3 is 0 Å². The zero-order valence-corrected chi connectivity index (χ0v) is 11.8. The molecule has 4 heteroatoms. The van der Waals surface area contributed by atoms with Gasteiger partial charge in [-0.05, 0) is 24.3 Å². The first-order valence-corrected chi connectivity index (χ1v) is 6.77. The van der Waals surface area contributed by atoms with Gasteiger partial charge in [0.15, 0.2) is 0 Å². The molecule has 0 radical (unpaired) electrons. The van der Waals surface area contributed by atoms with E-state index in [4.69, 9.17) is 10.5 Å². The fraction of sp³-hybridized carbons (Fsp3) is 0.118. The van der Waals surface area contributed by atoms with Crippen LogP contribution in [0.25, 0.3) is 10.8 Å². The van der Waals surface area contributed by atoms with Crippen LogP contribution >= 0.6 is 0 Å². The largest absolute Gasteiger partial charge is 0.496 e. The number of anilines is 2. The van der Waals surface area contributed by atoms with Crippen LogP contribution in [0.5, 0.6) is 5.75 Å². The second kappa shape index (κ2) is 5.71. The number of pyridine rings is 1. The van der Waals surface area contributed by atoms with E-state index < -0.39 is 0 Å². The molecule has 0 bridgehead atoms. The smallest absolute Gasteiger partial charge is 0.123 e. The maximum Gasteiger partial charge on any atom is 0.123 e. The molecule has 1 heterocycles. The molecule has 3 rings (SSSR count). The third kappa shape index (κ3) is 2.60. The molecule has 3 aromatic rings. The number of hydrogen-bond acceptors (Lipinski definition) is 4. The predicted molar refractivity (Wildman–Crippen MR) is 86.5 cm³/mol. The standard InChI is InChI=1S/C17H17N3O/c1-21-17-5-3-2-4-12(17)10-20-16-7-6-15(18)13-8-9-19-11-14(13)16/h2-9,11,20H,10,18H2,1H3. The van der Waals surface area contributed by atoms with E-state index in [1.807, 2.05) is 48.7 Å². The number of rotatable bonds is 4. The van der Waals surface area contributed by atoms with Crippen LogP contribution in [0.1, 0.15) is 5.56 Å². The van der Waals surface area contributed by atoms with E-state index in [-0.39, 0.29) is 0 Å². The summed E-state index contributed by atoms with van der Waals surface area (Å²) in [7, 11) is 1.68. The highest BCUT2D eigenvalue weighted by molar-refractivity contribution is 6.00. The minimum Gasteiger partial charge on any atom is -0.496 e. The maximum atomic E-state index is 6.00. The average molecular weight is 279 g/mol. The maximum absolute atomic E-state index is 6.00. The highest BCUT2D eigenvalue weighted by Crippen LogP contribution is 2.28. The van der Waals surface area contributed by atoms with E-state index in [0.717, 1.165) is 33.5 Å². The van der Waals surface area contributed by atoms with Crippen LogP contribution in [0.3, 0.4) is 0 Å². The fourth-order valence-electron chi connectivity index (χ4n) is 2.41. The minimum atomic E-state index is 0.678. The lowest BCUT2D eigenvalue weighted by atomic mass is 10.1. The van der Waals surface area contributed by atoms with Crippen LogP contribution < -0.4 is 15.8 Å². The number of nitrogen functional groups attached to an aromatic ring is 1. The van der Waals surface area contributed by atoms with Gasteiger partial charge < -0.3 is 15.8 Å². The van der Waals surface area contributed by atoms with Crippen LogP contribution in [0.2, 0.25) is 0 Å². The summed E-state index contributed by atoms with van der Waals surface area (Å²) in [5.41, 5.74) is 8.88. The number of para-hydroxylation sites is 1. The van der Waals surface area contributed by atoms with Crippen molar-refractivity contribution in [2.75, 3.05) is 18.2 Å². The molecule has 0 aliphatic carbocycles. The molecule has 106 valence electrons. The molecule has 1 aromatic heterocycles. The third-order valence-electron chi connectivity index (χ3n) is 3.51. The number of fused-ring (bicyclic) bond motifs is 1. The van der Waals surface area contributed by atoms with Crippen molar-refractivity contribution in [3.05, 3.63) is 60.4 Å². The molecule has 3 N–H and O–H groups in total. The Hall–Kier alpha value is -2.75. The molecule has 0 saturated heterocycles. The van der Waals surface area contributed by atoms with Crippen LogP contribution in [0.15, 0.2) is 54.9 Å². The lowest BCUT2D eigenvalue weighted by molar-refractivity contribution is 0.410. The second-order valence-corrected chi connectivity index (χ2v) is 4.79. The summed E-state index contributed by atoms with van der Waals surface area (Å²) in [6.07, 6.45) is 3.58. The number of nitrogens with two attached hydrogens (primary N) is 1. The van der Waals surface area contributed by atoms with Gasteiger partial charge in [-0.15, -0.1) is 0 Å². The summed E-state index contributed by atoms with van der Waals surface area (Å²) in [6.45, 7) is 0.678. The molecule has 4 nitrogen and oxygen atoms in total. The molecular weight excluding hydrogens is 262 g/mol. The Morgan fingerprint density at radius 2 is 1.95 bits per heavy atom. The molecular formula is C17H17N3O. The Morgan fingerprint density at radius 1 is 1.10 bits per heavy atom. The zero-order chi connectivity index (χ0) is 14.7. The van der Waals surface area contributed by atoms with Gasteiger partial charge in [0.1, 0.15) is 5.75 Å². The van der Waals surface area contributed by atoms with Crippen molar-refractivity contribution >= 4 is 22.1 Å². The molecule has 0 fully saturated rings. The first kappa shape index (κ1) is 13.2. The molecule has 0 atom stereocenters. The topological polar surface area (TPSA) is 60.2 Å². The van der Waals surface area contributed by atoms with Crippen molar-refractivity contribution in [1.82, 2.24) is 4.98 Å². The number of nitrogens with one attached hydrogen (secondary N) is 1. The number of benzene rings is 2. The summed E-state index contributed by atoms with van der Waals surface area (Å²) < 4.78 is 5.37. The monoisotopic (exact) mass is 279 g/mol. The summed E-state index contributed by atoms with van der Waals surface area (Å²) in [4.78, 5) is 4.18. The predicted octanol–water partition coefficient (Wildman–Crippen LogP) is 3.44. The fourth-order valence-corrected chi connectivity index (χ4v) is 2.41. The molecule has 0 aliphatic heterocycles. The highest BCUT2D eigenvalue weighted by atomic mass is 16.5. The summed E-state index contributed by atoms with van der Waals surface area (Å²) in [6, 6.07) is 13.8. The Labute approximate surface area is 123 Å². The number of ether oxygens (including phenoxy) is 1. The Kier molecular flexibility index (Phi) is 3.60. The molecule has 0 aliphatic rings. The van der Waals surface area contributed by atoms with Gasteiger partial charge in [-0.3, -0.25) is 4.98 Å². The van der Waals surface area contributed by atoms with Crippen molar-refractivity contribution in [3.8, 4) is 5.75 Å². The van der Waals surface area contributed by atoms with Gasteiger partial charge in [-0.2, -0.15) is 0 Å². The van der Waals surface area contributed by atoms with E-state index in [1.165, 1.54) is 0 Å². The first-order valence-electron chi connectivity index (χ1n) is 6.77. The average Bonchev–Trinajstić information content (AvgIpc) is 2.55. The molecule has 21 heavy (non-hydrogen) atoms. The van der Waals surface area contributed by atoms with Gasteiger partial charge in [-0.1, -0.05) is 18.2 Å². The van der Waals surface area contributed by atoms with Gasteiger partial charge in [0, 0.05) is 46.6 Å². The van der Waals surface area contributed by atoms with Gasteiger partial charge in [0.05, 0.1) is 7.11 Å². The summed E-state index contributed by atoms with van der Waals surface area (Å²) >= 11 is 0. The minimum absolute atomic E-state index is 0.678. The molecule has 0 spiro atoms. The summed E-state index contributed by atoms with van der Waals surface area (Å²) in [5, 5.41) is 5.46. The molecule has 0 unspecified atom stereocenters. The number of hydrogen-bond donors (Lipinski definition) is 2. The van der Waals surface area contributed by atoms with Crippen molar-refractivity contribution in [2.45, 2.75) is 6.54 Å². The molecule has 0 amide bonds. The van der Waals surface area contributed by atoms with Crippen molar-refractivity contribution in [1.29, 1.82) is 0 Å². The quantitative estimate of drug-likeness (QED) is 0.718. The highest BCUT2D eigenvalue weighted by Gasteiger charge is 2.06. The van der Waals surface area contributed by atoms with Gasteiger partial charge in [0.2, 0.25) is 0 Å². The van der Waals surface area contributed by atoms with Crippen LogP contribution in [-0.2, 0) is 6.54 Å². The number of aromatic nitrogens is 1. The zero-order valence-electron chi connectivity index (χ0n) is 11.8. The lowest BCUT2D eigenvalue weighted by Gasteiger charge is -2.13. The van der Waals surface area contributed by atoms with E-state index in [2.05, 4.69) is 10.3 Å². The van der Waals surface area contributed by atoms with Crippen LogP contribution in [0.4, 0.5) is 11.4 Å². The van der Waals surface area contributed by atoms with E-state index >= 15 is 0 Å². The van der Waals surface area contributed by atoms with Crippen molar-refractivity contribution in [3.63, 3.8) is 0 Å². The molecule has 2 aromatic carbocycles. The van der Waals surface area contributed by atoms with E-state index in [0.29, 0.717) is 6.54 Å². The van der Waals surface area contributed by atoms with Crippen molar-refractivity contribution < 1.29 is 4.74 Å². The number of nitrogens with zero attached hydrogens (tertiary/aromatic N) is 1. The third-order valence-corrected chi connectivity index (χ3v) is 3.51. The first-order chi connectivity index (χ1) is 10.3. The number of methoxy groups -OCH3 is 1. The lowest BCUT2D eigenvalue weighted by Crippen LogP contribution is -2.02. The second-order valence-electron chi connectivity index (χ2n) is 4.79. The van der Waals surface area contributed by atoms with Gasteiger partial charge in [0.25, 0.3) is 0 Å². The Balaban J connectivity index is 1.91.